The summed E-state index contributed by atoms with van der Waals surface area (Å²) in [4.78, 5) is 3.43. The third kappa shape index (κ3) is 1.42. The van der Waals surface area contributed by atoms with Gasteiger partial charge in [0.1, 0.15) is 10.4 Å². The SMILES string of the molecule is O=S(=O)(F)c1cccc2scnc12. The smallest absolute Gasteiger partial charge is 0.243 e. The molecule has 0 saturated carbocycles. The molecule has 1 aromatic carbocycles. The van der Waals surface area contributed by atoms with E-state index in [9.17, 15) is 12.3 Å². The van der Waals surface area contributed by atoms with Crippen LogP contribution in [0.1, 0.15) is 0 Å². The van der Waals surface area contributed by atoms with Crippen LogP contribution in [0.4, 0.5) is 3.89 Å². The highest BCUT2D eigenvalue weighted by molar-refractivity contribution is 7.86. The van der Waals surface area contributed by atoms with E-state index >= 15 is 0 Å². The van der Waals surface area contributed by atoms with Crippen molar-refractivity contribution >= 4 is 31.8 Å². The summed E-state index contributed by atoms with van der Waals surface area (Å²) in [5.41, 5.74) is 1.69. The molecule has 0 atom stereocenters. The minimum absolute atomic E-state index is 0.204. The minimum atomic E-state index is -4.66. The van der Waals surface area contributed by atoms with E-state index in [4.69, 9.17) is 0 Å². The summed E-state index contributed by atoms with van der Waals surface area (Å²) in [7, 11) is -4.66. The van der Waals surface area contributed by atoms with Gasteiger partial charge in [-0.15, -0.1) is 15.2 Å². The lowest BCUT2D eigenvalue weighted by atomic mass is 10.3. The molecular weight excluding hydrogens is 213 g/mol. The highest BCUT2D eigenvalue weighted by atomic mass is 32.3. The number of rotatable bonds is 1. The van der Waals surface area contributed by atoms with Gasteiger partial charge in [0, 0.05) is 0 Å². The van der Waals surface area contributed by atoms with E-state index in [0.29, 0.717) is 4.70 Å². The normalized spacial score (nSPS) is 12.1. The van der Waals surface area contributed by atoms with Crippen LogP contribution in [0.15, 0.2) is 28.6 Å². The van der Waals surface area contributed by atoms with Crippen molar-refractivity contribution in [3.05, 3.63) is 23.7 Å². The summed E-state index contributed by atoms with van der Waals surface area (Å²) >= 11 is 1.28. The first-order valence-corrected chi connectivity index (χ1v) is 5.62. The van der Waals surface area contributed by atoms with Crippen LogP contribution in [0, 0.1) is 0 Å². The Bertz CT molecular complexity index is 546. The van der Waals surface area contributed by atoms with E-state index in [2.05, 4.69) is 4.98 Å². The molecule has 2 rings (SSSR count). The number of aromatic nitrogens is 1. The zero-order chi connectivity index (χ0) is 9.47. The van der Waals surface area contributed by atoms with Gasteiger partial charge >= 0.3 is 10.2 Å². The molecule has 0 fully saturated rings. The Morgan fingerprint density at radius 1 is 1.38 bits per heavy atom. The zero-order valence-electron chi connectivity index (χ0n) is 6.27. The van der Waals surface area contributed by atoms with Crippen LogP contribution in [-0.4, -0.2) is 13.4 Å². The second-order valence-corrected chi connectivity index (χ2v) is 4.59. The zero-order valence-corrected chi connectivity index (χ0v) is 7.90. The van der Waals surface area contributed by atoms with Gasteiger partial charge in [-0.25, -0.2) is 4.98 Å². The molecule has 1 aromatic heterocycles. The number of thiazole rings is 1. The van der Waals surface area contributed by atoms with Gasteiger partial charge in [-0.05, 0) is 12.1 Å². The Kier molecular flexibility index (Phi) is 1.81. The summed E-state index contributed by atoms with van der Waals surface area (Å²) in [6.07, 6.45) is 0. The molecule has 0 unspecified atom stereocenters. The van der Waals surface area contributed by atoms with Crippen molar-refractivity contribution in [2.75, 3.05) is 0 Å². The van der Waals surface area contributed by atoms with E-state index in [1.807, 2.05) is 0 Å². The first kappa shape index (κ1) is 8.58. The van der Waals surface area contributed by atoms with Crippen molar-refractivity contribution in [1.29, 1.82) is 0 Å². The van der Waals surface area contributed by atoms with Crippen LogP contribution in [-0.2, 0) is 10.2 Å². The van der Waals surface area contributed by atoms with Crippen LogP contribution in [0.5, 0.6) is 0 Å². The molecule has 0 saturated heterocycles. The topological polar surface area (TPSA) is 47.0 Å². The Hall–Kier alpha value is -1.01. The average molecular weight is 217 g/mol. The lowest BCUT2D eigenvalue weighted by Crippen LogP contribution is -1.92. The fourth-order valence-corrected chi connectivity index (χ4v) is 2.46. The van der Waals surface area contributed by atoms with Gasteiger partial charge in [-0.1, -0.05) is 6.07 Å². The molecule has 68 valence electrons. The molecule has 0 aliphatic rings. The van der Waals surface area contributed by atoms with Gasteiger partial charge in [0.2, 0.25) is 0 Å². The Balaban J connectivity index is 2.91. The fraction of sp³-hybridized carbons (Fsp3) is 0. The monoisotopic (exact) mass is 217 g/mol. The predicted octanol–water partition coefficient (Wildman–Crippen LogP) is 1.95. The number of fused-ring (bicyclic) bond motifs is 1. The third-order valence-corrected chi connectivity index (χ3v) is 3.24. The highest BCUT2D eigenvalue weighted by Gasteiger charge is 2.16. The largest absolute Gasteiger partial charge is 0.334 e. The molecule has 0 aliphatic carbocycles. The molecule has 3 nitrogen and oxygen atoms in total. The molecule has 0 N–H and O–H groups in total. The first-order valence-electron chi connectivity index (χ1n) is 3.36. The van der Waals surface area contributed by atoms with Gasteiger partial charge in [-0.3, -0.25) is 0 Å². The maximum atomic E-state index is 12.7. The molecule has 0 bridgehead atoms. The molecule has 0 radical (unpaired) electrons. The van der Waals surface area contributed by atoms with Crippen molar-refractivity contribution < 1.29 is 12.3 Å². The molecule has 0 spiro atoms. The van der Waals surface area contributed by atoms with Crippen LogP contribution in [0.25, 0.3) is 10.2 Å². The highest BCUT2D eigenvalue weighted by Crippen LogP contribution is 2.25. The lowest BCUT2D eigenvalue weighted by Gasteiger charge is -1.94. The number of nitrogens with zero attached hydrogens (tertiary/aromatic N) is 1. The summed E-state index contributed by atoms with van der Waals surface area (Å²) < 4.78 is 34.6. The quantitative estimate of drug-likeness (QED) is 0.686. The molecule has 0 aliphatic heterocycles. The van der Waals surface area contributed by atoms with Gasteiger partial charge in [0.15, 0.2) is 0 Å². The molecule has 6 heteroatoms. The number of hydrogen-bond donors (Lipinski definition) is 0. The first-order chi connectivity index (χ1) is 6.09. The van der Waals surface area contributed by atoms with Gasteiger partial charge in [-0.2, -0.15) is 8.42 Å². The predicted molar refractivity (Wildman–Crippen MR) is 47.9 cm³/mol. The number of hydrogen-bond acceptors (Lipinski definition) is 4. The van der Waals surface area contributed by atoms with Gasteiger partial charge in [0.05, 0.1) is 10.2 Å². The molecular formula is C7H4FNO2S2. The molecule has 1 heterocycles. The van der Waals surface area contributed by atoms with Crippen molar-refractivity contribution in [3.63, 3.8) is 0 Å². The minimum Gasteiger partial charge on any atom is -0.243 e. The Morgan fingerprint density at radius 2 is 2.15 bits per heavy atom. The average Bonchev–Trinajstić information content (AvgIpc) is 2.48. The van der Waals surface area contributed by atoms with Crippen molar-refractivity contribution in [2.45, 2.75) is 4.90 Å². The number of benzene rings is 1. The van der Waals surface area contributed by atoms with E-state index in [1.54, 1.807) is 6.07 Å². The van der Waals surface area contributed by atoms with Crippen molar-refractivity contribution in [3.8, 4) is 0 Å². The van der Waals surface area contributed by atoms with E-state index in [-0.39, 0.29) is 10.4 Å². The molecule has 0 amide bonds. The summed E-state index contributed by atoms with van der Waals surface area (Å²) in [5, 5.41) is 0. The van der Waals surface area contributed by atoms with Crippen LogP contribution < -0.4 is 0 Å². The van der Waals surface area contributed by atoms with E-state index in [0.717, 1.165) is 0 Å². The van der Waals surface area contributed by atoms with E-state index in [1.165, 1.54) is 29.0 Å². The third-order valence-electron chi connectivity index (χ3n) is 1.59. The summed E-state index contributed by atoms with van der Waals surface area (Å²) in [6.45, 7) is 0. The molecule has 13 heavy (non-hydrogen) atoms. The summed E-state index contributed by atoms with van der Waals surface area (Å²) in [5.74, 6) is 0. The maximum absolute atomic E-state index is 12.7. The second kappa shape index (κ2) is 2.74. The fourth-order valence-electron chi connectivity index (χ4n) is 1.06. The van der Waals surface area contributed by atoms with Crippen LogP contribution in [0.2, 0.25) is 0 Å². The molecule has 2 aromatic rings. The van der Waals surface area contributed by atoms with E-state index < -0.39 is 10.2 Å². The Morgan fingerprint density at radius 3 is 2.85 bits per heavy atom. The maximum Gasteiger partial charge on any atom is 0.334 e. The van der Waals surface area contributed by atoms with Crippen LogP contribution >= 0.6 is 11.3 Å². The van der Waals surface area contributed by atoms with Crippen LogP contribution in [0.3, 0.4) is 0 Å². The second-order valence-electron chi connectivity index (χ2n) is 2.39. The van der Waals surface area contributed by atoms with Gasteiger partial charge < -0.3 is 0 Å². The van der Waals surface area contributed by atoms with Crippen molar-refractivity contribution in [1.82, 2.24) is 4.98 Å². The number of para-hydroxylation sites is 1. The lowest BCUT2D eigenvalue weighted by molar-refractivity contribution is 0.553. The Labute approximate surface area is 78.1 Å². The van der Waals surface area contributed by atoms with Gasteiger partial charge in [0.25, 0.3) is 0 Å². The van der Waals surface area contributed by atoms with Crippen molar-refractivity contribution in [2.24, 2.45) is 0 Å². The number of halogens is 1. The summed E-state index contributed by atoms with van der Waals surface area (Å²) in [6, 6.07) is 4.39. The standard InChI is InChI=1S/C7H4FNO2S2/c8-13(10,11)6-3-1-2-5-7(6)9-4-12-5/h1-4H.